The quantitative estimate of drug-likeness (QED) is 0.691. The van der Waals surface area contributed by atoms with Crippen molar-refractivity contribution in [2.75, 3.05) is 5.32 Å². The molecule has 0 radical (unpaired) electrons. The Morgan fingerprint density at radius 2 is 1.75 bits per heavy atom. The van der Waals surface area contributed by atoms with Gasteiger partial charge in [0.25, 0.3) is 0 Å². The number of benzene rings is 2. The van der Waals surface area contributed by atoms with Crippen LogP contribution in [-0.2, 0) is 6.42 Å². The van der Waals surface area contributed by atoms with Crippen LogP contribution in [-0.4, -0.2) is 6.04 Å². The van der Waals surface area contributed by atoms with E-state index in [-0.39, 0.29) is 0 Å². The van der Waals surface area contributed by atoms with Crippen molar-refractivity contribution in [2.45, 2.75) is 32.2 Å². The third kappa shape index (κ3) is 4.27. The summed E-state index contributed by atoms with van der Waals surface area (Å²) >= 11 is 0. The van der Waals surface area contributed by atoms with Crippen molar-refractivity contribution in [3.8, 4) is 0 Å². The summed E-state index contributed by atoms with van der Waals surface area (Å²) in [6.45, 7) is 6.01. The molecule has 2 aromatic rings. The Morgan fingerprint density at radius 1 is 1.05 bits per heavy atom. The van der Waals surface area contributed by atoms with Crippen LogP contribution in [0.1, 0.15) is 30.9 Å². The first-order valence-corrected chi connectivity index (χ1v) is 7.29. The molecule has 0 amide bonds. The van der Waals surface area contributed by atoms with Crippen LogP contribution in [0.3, 0.4) is 0 Å². The first-order valence-electron chi connectivity index (χ1n) is 7.29. The van der Waals surface area contributed by atoms with Gasteiger partial charge in [-0.3, -0.25) is 0 Å². The summed E-state index contributed by atoms with van der Waals surface area (Å²) in [5.74, 6) is 0. The molecule has 0 aliphatic heterocycles. The minimum Gasteiger partial charge on any atom is -0.382 e. The van der Waals surface area contributed by atoms with Crippen molar-refractivity contribution in [1.29, 1.82) is 0 Å². The second-order valence-corrected chi connectivity index (χ2v) is 5.23. The number of para-hydroxylation sites is 1. The van der Waals surface area contributed by atoms with Gasteiger partial charge in [0.1, 0.15) is 0 Å². The molecule has 1 N–H and O–H groups in total. The molecule has 0 heterocycles. The molecule has 1 atom stereocenters. The lowest BCUT2D eigenvalue weighted by molar-refractivity contribution is 0.718. The summed E-state index contributed by atoms with van der Waals surface area (Å²) < 4.78 is 0. The van der Waals surface area contributed by atoms with Gasteiger partial charge in [0.2, 0.25) is 0 Å². The third-order valence-corrected chi connectivity index (χ3v) is 3.46. The molecule has 20 heavy (non-hydrogen) atoms. The van der Waals surface area contributed by atoms with Gasteiger partial charge >= 0.3 is 0 Å². The smallest absolute Gasteiger partial charge is 0.0378 e. The highest BCUT2D eigenvalue weighted by molar-refractivity contribution is 5.53. The van der Waals surface area contributed by atoms with Gasteiger partial charge in [-0.15, -0.1) is 6.58 Å². The Balaban J connectivity index is 2.08. The maximum Gasteiger partial charge on any atom is 0.0378 e. The summed E-state index contributed by atoms with van der Waals surface area (Å²) in [7, 11) is 0. The van der Waals surface area contributed by atoms with Crippen molar-refractivity contribution in [3.63, 3.8) is 0 Å². The van der Waals surface area contributed by atoms with Crippen LogP contribution in [0.2, 0.25) is 0 Å². The van der Waals surface area contributed by atoms with Crippen LogP contribution in [0.25, 0.3) is 0 Å². The lowest BCUT2D eigenvalue weighted by Gasteiger charge is -2.17. The van der Waals surface area contributed by atoms with Crippen LogP contribution < -0.4 is 5.32 Å². The van der Waals surface area contributed by atoms with Crippen molar-refractivity contribution >= 4 is 5.69 Å². The molecule has 2 aromatic carbocycles. The molecule has 2 rings (SSSR count). The Hall–Kier alpha value is -2.02. The van der Waals surface area contributed by atoms with Crippen molar-refractivity contribution < 1.29 is 0 Å². The van der Waals surface area contributed by atoms with Gasteiger partial charge in [-0.1, -0.05) is 54.6 Å². The maximum absolute atomic E-state index is 3.79. The molecule has 0 aliphatic carbocycles. The Labute approximate surface area is 122 Å². The third-order valence-electron chi connectivity index (χ3n) is 3.46. The molecule has 1 heteroatoms. The number of allylic oxidation sites excluding steroid dienone is 1. The van der Waals surface area contributed by atoms with Gasteiger partial charge in [0.05, 0.1) is 0 Å². The lowest BCUT2D eigenvalue weighted by atomic mass is 10.0. The Kier molecular flexibility index (Phi) is 5.43. The zero-order valence-corrected chi connectivity index (χ0v) is 12.2. The number of anilines is 1. The molecule has 104 valence electrons. The zero-order chi connectivity index (χ0) is 14.2. The molecule has 0 fully saturated rings. The molecular formula is C19H23N. The van der Waals surface area contributed by atoms with E-state index in [4.69, 9.17) is 0 Å². The Bertz CT molecular complexity index is 530. The van der Waals surface area contributed by atoms with Crippen molar-refractivity contribution in [2.24, 2.45) is 0 Å². The SMILES string of the molecule is C=CCCC(C)Nc1ccccc1Cc1ccccc1. The monoisotopic (exact) mass is 265 g/mol. The Morgan fingerprint density at radius 3 is 2.50 bits per heavy atom. The van der Waals surface area contributed by atoms with Crippen LogP contribution in [0.4, 0.5) is 5.69 Å². The highest BCUT2D eigenvalue weighted by atomic mass is 14.9. The second kappa shape index (κ2) is 7.54. The predicted octanol–water partition coefficient (Wildman–Crippen LogP) is 5.04. The van der Waals surface area contributed by atoms with Crippen molar-refractivity contribution in [3.05, 3.63) is 78.4 Å². The van der Waals surface area contributed by atoms with Gasteiger partial charge in [-0.25, -0.2) is 0 Å². The van der Waals surface area contributed by atoms with Gasteiger partial charge in [-0.05, 0) is 43.4 Å². The highest BCUT2D eigenvalue weighted by Crippen LogP contribution is 2.20. The number of hydrogen-bond donors (Lipinski definition) is 1. The lowest BCUT2D eigenvalue weighted by Crippen LogP contribution is -2.15. The molecule has 0 bridgehead atoms. The normalized spacial score (nSPS) is 11.8. The van der Waals surface area contributed by atoms with Gasteiger partial charge in [0.15, 0.2) is 0 Å². The number of rotatable bonds is 7. The molecule has 0 aliphatic rings. The van der Waals surface area contributed by atoms with Crippen LogP contribution in [0.5, 0.6) is 0 Å². The maximum atomic E-state index is 3.79. The number of nitrogens with one attached hydrogen (secondary N) is 1. The summed E-state index contributed by atoms with van der Waals surface area (Å²) in [6, 6.07) is 19.6. The van der Waals surface area contributed by atoms with Gasteiger partial charge in [-0.2, -0.15) is 0 Å². The van der Waals surface area contributed by atoms with E-state index in [1.807, 2.05) is 6.08 Å². The first kappa shape index (κ1) is 14.4. The summed E-state index contributed by atoms with van der Waals surface area (Å²) in [4.78, 5) is 0. The molecule has 0 spiro atoms. The molecule has 0 saturated heterocycles. The van der Waals surface area contributed by atoms with E-state index >= 15 is 0 Å². The minimum atomic E-state index is 0.463. The van der Waals surface area contributed by atoms with Crippen LogP contribution in [0, 0.1) is 0 Å². The summed E-state index contributed by atoms with van der Waals surface area (Å²) in [6.07, 6.45) is 5.12. The topological polar surface area (TPSA) is 12.0 Å². The van der Waals surface area contributed by atoms with E-state index in [9.17, 15) is 0 Å². The molecular weight excluding hydrogens is 242 g/mol. The van der Waals surface area contributed by atoms with E-state index in [1.165, 1.54) is 16.8 Å². The first-order chi connectivity index (χ1) is 9.79. The largest absolute Gasteiger partial charge is 0.382 e. The fourth-order valence-corrected chi connectivity index (χ4v) is 2.34. The summed E-state index contributed by atoms with van der Waals surface area (Å²) in [5, 5.41) is 3.62. The minimum absolute atomic E-state index is 0.463. The van der Waals surface area contributed by atoms with E-state index in [0.29, 0.717) is 6.04 Å². The van der Waals surface area contributed by atoms with Crippen LogP contribution in [0.15, 0.2) is 67.3 Å². The standard InChI is InChI=1S/C19H23N/c1-3-4-10-16(2)20-19-14-9-8-13-18(19)15-17-11-6-5-7-12-17/h3,5-9,11-14,16,20H,1,4,10,15H2,2H3. The van der Waals surface area contributed by atoms with Crippen LogP contribution >= 0.6 is 0 Å². The highest BCUT2D eigenvalue weighted by Gasteiger charge is 2.06. The molecule has 0 aromatic heterocycles. The fourth-order valence-electron chi connectivity index (χ4n) is 2.34. The fraction of sp³-hybridized carbons (Fsp3) is 0.263. The van der Waals surface area contributed by atoms with E-state index in [0.717, 1.165) is 19.3 Å². The van der Waals surface area contributed by atoms with E-state index in [2.05, 4.69) is 73.4 Å². The molecule has 0 saturated carbocycles. The number of hydrogen-bond acceptors (Lipinski definition) is 1. The second-order valence-electron chi connectivity index (χ2n) is 5.23. The van der Waals surface area contributed by atoms with Gasteiger partial charge < -0.3 is 5.32 Å². The average Bonchev–Trinajstić information content (AvgIpc) is 2.48. The van der Waals surface area contributed by atoms with E-state index < -0.39 is 0 Å². The molecule has 1 unspecified atom stereocenters. The summed E-state index contributed by atoms with van der Waals surface area (Å²) in [5.41, 5.74) is 3.94. The molecule has 1 nitrogen and oxygen atoms in total. The predicted molar refractivity (Wildman–Crippen MR) is 88.2 cm³/mol. The van der Waals surface area contributed by atoms with Gasteiger partial charge in [0, 0.05) is 11.7 Å². The van der Waals surface area contributed by atoms with E-state index in [1.54, 1.807) is 0 Å². The average molecular weight is 265 g/mol. The zero-order valence-electron chi connectivity index (χ0n) is 12.2. The van der Waals surface area contributed by atoms with Crippen molar-refractivity contribution in [1.82, 2.24) is 0 Å².